The summed E-state index contributed by atoms with van der Waals surface area (Å²) < 4.78 is 31.8. The number of aromatic nitrogens is 2. The van der Waals surface area contributed by atoms with Gasteiger partial charge in [0.2, 0.25) is 15.9 Å². The Bertz CT molecular complexity index is 764. The summed E-state index contributed by atoms with van der Waals surface area (Å²) in [5.74, 6) is 0.413. The van der Waals surface area contributed by atoms with E-state index < -0.39 is 10.0 Å². The molecule has 3 rings (SSSR count). The highest BCUT2D eigenvalue weighted by Gasteiger charge is 2.31. The van der Waals surface area contributed by atoms with Gasteiger partial charge in [0.1, 0.15) is 6.10 Å². The number of nitrogens with zero attached hydrogens (tertiary/aromatic N) is 3. The van der Waals surface area contributed by atoms with Crippen LogP contribution in [0.1, 0.15) is 12.0 Å². The van der Waals surface area contributed by atoms with Gasteiger partial charge in [0, 0.05) is 24.2 Å². The Morgan fingerprint density at radius 2 is 2.00 bits per heavy atom. The lowest BCUT2D eigenvalue weighted by molar-refractivity contribution is 0.205. The van der Waals surface area contributed by atoms with Gasteiger partial charge in [0.05, 0.1) is 6.54 Å². The van der Waals surface area contributed by atoms with E-state index in [0.717, 1.165) is 5.56 Å². The molecule has 0 aliphatic carbocycles. The predicted octanol–water partition coefficient (Wildman–Crippen LogP) is 1.93. The molecule has 0 radical (unpaired) electrons. The molecule has 0 N–H and O–H groups in total. The van der Waals surface area contributed by atoms with Gasteiger partial charge in [-0.1, -0.05) is 30.3 Å². The van der Waals surface area contributed by atoms with E-state index in [9.17, 15) is 8.42 Å². The van der Waals surface area contributed by atoms with E-state index in [4.69, 9.17) is 4.74 Å². The van der Waals surface area contributed by atoms with Crippen LogP contribution in [-0.4, -0.2) is 42.1 Å². The van der Waals surface area contributed by atoms with E-state index in [1.54, 1.807) is 24.4 Å². The van der Waals surface area contributed by atoms with Crippen LogP contribution in [0.3, 0.4) is 0 Å². The number of benzene rings is 1. The highest BCUT2D eigenvalue weighted by Crippen LogP contribution is 2.19. The molecule has 1 aromatic heterocycles. The molecule has 0 saturated carbocycles. The Balaban J connectivity index is 1.62. The Morgan fingerprint density at radius 1 is 1.17 bits per heavy atom. The third-order valence-corrected chi connectivity index (χ3v) is 5.07. The first kappa shape index (κ1) is 15.6. The first-order chi connectivity index (χ1) is 11.1. The van der Waals surface area contributed by atoms with Crippen molar-refractivity contribution >= 4 is 16.1 Å². The summed E-state index contributed by atoms with van der Waals surface area (Å²) in [6.45, 7) is 0.754. The van der Waals surface area contributed by atoms with Crippen LogP contribution in [-0.2, 0) is 10.0 Å². The van der Waals surface area contributed by atoms with Gasteiger partial charge in [-0.15, -0.1) is 5.10 Å². The van der Waals surface area contributed by atoms with Crippen LogP contribution in [0.25, 0.3) is 6.08 Å². The molecule has 1 aliphatic heterocycles. The lowest BCUT2D eigenvalue weighted by atomic mass is 10.2. The summed E-state index contributed by atoms with van der Waals surface area (Å²) in [5.41, 5.74) is 0.850. The molecule has 2 aromatic rings. The second kappa shape index (κ2) is 6.89. The van der Waals surface area contributed by atoms with Crippen molar-refractivity contribution < 1.29 is 13.2 Å². The molecule has 0 spiro atoms. The van der Waals surface area contributed by atoms with Crippen molar-refractivity contribution in [2.24, 2.45) is 0 Å². The second-order valence-electron chi connectivity index (χ2n) is 5.21. The molecule has 1 unspecified atom stereocenters. The fourth-order valence-electron chi connectivity index (χ4n) is 2.36. The summed E-state index contributed by atoms with van der Waals surface area (Å²) in [7, 11) is -3.45. The van der Waals surface area contributed by atoms with Gasteiger partial charge in [-0.2, -0.15) is 9.40 Å². The van der Waals surface area contributed by atoms with Crippen molar-refractivity contribution in [1.29, 1.82) is 0 Å². The molecular weight excluding hydrogens is 314 g/mol. The van der Waals surface area contributed by atoms with Crippen LogP contribution in [0.4, 0.5) is 0 Å². The highest BCUT2D eigenvalue weighted by molar-refractivity contribution is 7.92. The number of hydrogen-bond donors (Lipinski definition) is 0. The first-order valence-corrected chi connectivity index (χ1v) is 8.81. The summed E-state index contributed by atoms with van der Waals surface area (Å²) in [6.07, 6.45) is 3.60. The molecule has 23 heavy (non-hydrogen) atoms. The normalized spacial score (nSPS) is 19.2. The van der Waals surface area contributed by atoms with Gasteiger partial charge in [0.25, 0.3) is 0 Å². The standard InChI is InChI=1S/C16H17N3O3S/c20-23(21,12-9-14-5-2-1-3-6-14)19-11-8-15(13-19)22-16-7-4-10-17-18-16/h1-7,9-10,12,15H,8,11,13H2. The fourth-order valence-corrected chi connectivity index (χ4v) is 3.60. The number of sulfonamides is 1. The Labute approximate surface area is 135 Å². The zero-order chi connectivity index (χ0) is 16.1. The number of rotatable bonds is 5. The van der Waals surface area contributed by atoms with Gasteiger partial charge in [-0.3, -0.25) is 0 Å². The molecule has 1 aliphatic rings. The Kier molecular flexibility index (Phi) is 4.68. The van der Waals surface area contributed by atoms with Gasteiger partial charge < -0.3 is 4.74 Å². The minimum Gasteiger partial charge on any atom is -0.472 e. The molecule has 1 saturated heterocycles. The Hall–Kier alpha value is -2.25. The number of hydrogen-bond acceptors (Lipinski definition) is 5. The predicted molar refractivity (Wildman–Crippen MR) is 87.0 cm³/mol. The van der Waals surface area contributed by atoms with Gasteiger partial charge >= 0.3 is 0 Å². The molecule has 120 valence electrons. The molecule has 0 bridgehead atoms. The SMILES string of the molecule is O=S(=O)(C=Cc1ccccc1)N1CCC(Oc2cccnn2)C1. The largest absolute Gasteiger partial charge is 0.472 e. The molecule has 1 atom stereocenters. The molecule has 6 nitrogen and oxygen atoms in total. The zero-order valence-electron chi connectivity index (χ0n) is 12.4. The third-order valence-electron chi connectivity index (χ3n) is 3.53. The van der Waals surface area contributed by atoms with Crippen molar-refractivity contribution in [3.63, 3.8) is 0 Å². The third kappa shape index (κ3) is 4.14. The van der Waals surface area contributed by atoms with Crippen LogP contribution < -0.4 is 4.74 Å². The summed E-state index contributed by atoms with van der Waals surface area (Å²) >= 11 is 0. The van der Waals surface area contributed by atoms with Crippen molar-refractivity contribution in [1.82, 2.24) is 14.5 Å². The van der Waals surface area contributed by atoms with Crippen molar-refractivity contribution in [2.45, 2.75) is 12.5 Å². The van der Waals surface area contributed by atoms with E-state index in [0.29, 0.717) is 25.4 Å². The first-order valence-electron chi connectivity index (χ1n) is 7.31. The van der Waals surface area contributed by atoms with Crippen molar-refractivity contribution in [3.05, 3.63) is 59.6 Å². The van der Waals surface area contributed by atoms with E-state index in [2.05, 4.69) is 10.2 Å². The molecule has 1 fully saturated rings. The van der Waals surface area contributed by atoms with Crippen LogP contribution in [0.5, 0.6) is 5.88 Å². The molecule has 0 amide bonds. The van der Waals surface area contributed by atoms with Crippen LogP contribution in [0, 0.1) is 0 Å². The molecule has 7 heteroatoms. The average molecular weight is 331 g/mol. The van der Waals surface area contributed by atoms with Crippen molar-refractivity contribution in [3.8, 4) is 5.88 Å². The Morgan fingerprint density at radius 3 is 2.74 bits per heavy atom. The zero-order valence-corrected chi connectivity index (χ0v) is 13.3. The summed E-state index contributed by atoms with van der Waals surface area (Å²) in [5, 5.41) is 8.83. The topological polar surface area (TPSA) is 72.4 Å². The van der Waals surface area contributed by atoms with Crippen LogP contribution >= 0.6 is 0 Å². The van der Waals surface area contributed by atoms with Gasteiger partial charge in [-0.25, -0.2) is 8.42 Å². The van der Waals surface area contributed by atoms with E-state index in [1.165, 1.54) is 9.71 Å². The fraction of sp³-hybridized carbons (Fsp3) is 0.250. The van der Waals surface area contributed by atoms with Gasteiger partial charge in [0.15, 0.2) is 0 Å². The summed E-state index contributed by atoms with van der Waals surface area (Å²) in [4.78, 5) is 0. The maximum atomic E-state index is 12.4. The molecule has 2 heterocycles. The molecule has 1 aromatic carbocycles. The maximum Gasteiger partial charge on any atom is 0.236 e. The van der Waals surface area contributed by atoms with Crippen LogP contribution in [0.15, 0.2) is 54.1 Å². The smallest absolute Gasteiger partial charge is 0.236 e. The lowest BCUT2D eigenvalue weighted by Gasteiger charge is -2.14. The summed E-state index contributed by atoms with van der Waals surface area (Å²) in [6, 6.07) is 12.8. The maximum absolute atomic E-state index is 12.4. The highest BCUT2D eigenvalue weighted by atomic mass is 32.2. The second-order valence-corrected chi connectivity index (χ2v) is 7.03. The van der Waals surface area contributed by atoms with Gasteiger partial charge in [-0.05, 0) is 24.1 Å². The van der Waals surface area contributed by atoms with E-state index in [-0.39, 0.29) is 6.10 Å². The van der Waals surface area contributed by atoms with E-state index in [1.807, 2.05) is 30.3 Å². The number of ether oxygens (including phenoxy) is 1. The van der Waals surface area contributed by atoms with Crippen molar-refractivity contribution in [2.75, 3.05) is 13.1 Å². The molecular formula is C16H17N3O3S. The monoisotopic (exact) mass is 331 g/mol. The average Bonchev–Trinajstić information content (AvgIpc) is 3.04. The minimum absolute atomic E-state index is 0.202. The minimum atomic E-state index is -3.45. The van der Waals surface area contributed by atoms with E-state index >= 15 is 0 Å². The lowest BCUT2D eigenvalue weighted by Crippen LogP contribution is -2.29. The quantitative estimate of drug-likeness (QED) is 0.837. The van der Waals surface area contributed by atoms with Crippen LogP contribution in [0.2, 0.25) is 0 Å².